The summed E-state index contributed by atoms with van der Waals surface area (Å²) >= 11 is 6.86. The van der Waals surface area contributed by atoms with Gasteiger partial charge in [-0.15, -0.1) is 4.72 Å². The summed E-state index contributed by atoms with van der Waals surface area (Å²) in [5, 5.41) is 1.27. The zero-order chi connectivity index (χ0) is 30.2. The van der Waals surface area contributed by atoms with E-state index in [0.717, 1.165) is 31.8 Å². The minimum Gasteiger partial charge on any atom is -0.598 e. The number of likely N-dealkylation sites (tertiary alicyclic amines) is 1. The maximum Gasteiger partial charge on any atom is 0.262 e. The van der Waals surface area contributed by atoms with Gasteiger partial charge in [-0.05, 0) is 66.3 Å². The molecule has 4 heterocycles. The molecular formula is C29H39ClN6O4S2. The summed E-state index contributed by atoms with van der Waals surface area (Å²) in [4.78, 5) is 29.3. The van der Waals surface area contributed by atoms with Gasteiger partial charge >= 0.3 is 0 Å². The van der Waals surface area contributed by atoms with Crippen molar-refractivity contribution in [3.05, 3.63) is 45.1 Å². The Hall–Kier alpha value is -1.93. The molecule has 42 heavy (non-hydrogen) atoms. The maximum absolute atomic E-state index is 13.1. The number of nitrogens with one attached hydrogen (secondary N) is 1. The van der Waals surface area contributed by atoms with Crippen molar-refractivity contribution in [2.45, 2.75) is 81.9 Å². The molecule has 2 aromatic rings. The van der Waals surface area contributed by atoms with Crippen LogP contribution in [0.2, 0.25) is 5.02 Å². The van der Waals surface area contributed by atoms with Crippen LogP contribution in [0.5, 0.6) is 0 Å². The van der Waals surface area contributed by atoms with E-state index < -0.39 is 11.4 Å². The third-order valence-corrected chi connectivity index (χ3v) is 11.3. The van der Waals surface area contributed by atoms with E-state index in [1.807, 2.05) is 33.8 Å². The molecule has 1 spiro atoms. The van der Waals surface area contributed by atoms with Crippen molar-refractivity contribution in [1.29, 1.82) is 0 Å². The topological polar surface area (TPSA) is 120 Å². The highest BCUT2D eigenvalue weighted by atomic mass is 35.5. The van der Waals surface area contributed by atoms with Gasteiger partial charge in [0.25, 0.3) is 5.56 Å². The summed E-state index contributed by atoms with van der Waals surface area (Å²) in [5.41, 5.74) is 0.295. The molecule has 3 aliphatic heterocycles. The molecule has 4 atom stereocenters. The van der Waals surface area contributed by atoms with Gasteiger partial charge in [0.05, 0.1) is 66.5 Å². The molecule has 0 amide bonds. The Bertz CT molecular complexity index is 1450. The first-order valence-electron chi connectivity index (χ1n) is 14.1. The fourth-order valence-corrected chi connectivity index (χ4v) is 7.56. The number of hydrogen-bond acceptors (Lipinski definition) is 9. The average Bonchev–Trinajstić information content (AvgIpc) is 3.73. The fraction of sp³-hybridized carbons (Fsp3) is 0.586. The zero-order valence-electron chi connectivity index (χ0n) is 24.8. The lowest BCUT2D eigenvalue weighted by molar-refractivity contribution is 0.0837. The molecule has 1 aromatic heterocycles. The number of piperidine rings is 1. The van der Waals surface area contributed by atoms with Crippen molar-refractivity contribution in [3.63, 3.8) is 0 Å². The Labute approximate surface area is 259 Å². The second-order valence-electron chi connectivity index (χ2n) is 12.2. The van der Waals surface area contributed by atoms with E-state index in [2.05, 4.69) is 33.2 Å². The largest absolute Gasteiger partial charge is 0.598 e. The first-order valence-corrected chi connectivity index (χ1v) is 16.5. The number of aliphatic imine (C=N–C) groups is 2. The van der Waals surface area contributed by atoms with Crippen LogP contribution in [0.1, 0.15) is 47.5 Å². The molecule has 3 fully saturated rings. The Morgan fingerprint density at radius 1 is 1.36 bits per heavy atom. The van der Waals surface area contributed by atoms with Crippen molar-refractivity contribution >= 4 is 58.2 Å². The molecule has 0 radical (unpaired) electrons. The van der Waals surface area contributed by atoms with E-state index in [4.69, 9.17) is 26.1 Å². The SMILES string of the molecule is C=N/C(=C\N=C(/C)N1CCC2(CC1)CO[C@@H](C)[C@H]2N[S+]([O-])C(C)(C)C)Sc1ccc2ncn(CC3CO3)c(=O)c2c1Cl. The molecule has 0 aliphatic carbocycles. The van der Waals surface area contributed by atoms with Crippen molar-refractivity contribution in [3.8, 4) is 0 Å². The summed E-state index contributed by atoms with van der Waals surface area (Å²) in [6, 6.07) is 3.66. The standard InChI is InChI=1S/C29H39ClN6O4S2/c1-18-26(34-42(38)28(3,4)5)29(16-40-18)9-11-35(12-10-29)19(2)32-13-23(31-6)41-22-8-7-21-24(25(22)30)27(37)36(17-33-21)14-20-15-39-20/h7-8,13,17-18,20,26,34H,6,9-12,14-16H2,1-5H3/b23-13+,32-19+/t18-,20?,26+,42?/m0/s1. The van der Waals surface area contributed by atoms with Crippen molar-refractivity contribution in [1.82, 2.24) is 19.2 Å². The fourth-order valence-electron chi connectivity index (χ4n) is 5.46. The molecule has 1 N–H and O–H groups in total. The molecule has 0 bridgehead atoms. The Balaban J connectivity index is 1.26. The Kier molecular flexibility index (Phi) is 9.44. The molecular weight excluding hydrogens is 596 g/mol. The number of nitrogens with zero attached hydrogens (tertiary/aromatic N) is 5. The van der Waals surface area contributed by atoms with Gasteiger partial charge in [-0.2, -0.15) is 0 Å². The zero-order valence-corrected chi connectivity index (χ0v) is 27.2. The number of halogens is 1. The number of aromatic nitrogens is 2. The lowest BCUT2D eigenvalue weighted by Gasteiger charge is -2.43. The van der Waals surface area contributed by atoms with Gasteiger partial charge in [-0.25, -0.2) is 9.98 Å². The molecule has 3 saturated heterocycles. The van der Waals surface area contributed by atoms with Crippen LogP contribution in [0.4, 0.5) is 0 Å². The van der Waals surface area contributed by atoms with Crippen molar-refractivity contribution in [2.75, 3.05) is 26.3 Å². The van der Waals surface area contributed by atoms with Crippen molar-refractivity contribution in [2.24, 2.45) is 15.4 Å². The summed E-state index contributed by atoms with van der Waals surface area (Å²) in [6.07, 6.45) is 5.11. The van der Waals surface area contributed by atoms with Crippen LogP contribution >= 0.6 is 23.4 Å². The van der Waals surface area contributed by atoms with Gasteiger partial charge in [0.1, 0.15) is 15.6 Å². The third-order valence-electron chi connectivity index (χ3n) is 8.20. The molecule has 5 rings (SSSR count). The van der Waals surface area contributed by atoms with Crippen LogP contribution in [0, 0.1) is 5.41 Å². The Morgan fingerprint density at radius 3 is 2.71 bits per heavy atom. The first kappa shape index (κ1) is 31.5. The molecule has 3 aliphatic rings. The minimum atomic E-state index is -1.16. The van der Waals surface area contributed by atoms with E-state index >= 15 is 0 Å². The molecule has 1 aromatic carbocycles. The quantitative estimate of drug-likeness (QED) is 0.149. The molecule has 0 saturated carbocycles. The Morgan fingerprint density at radius 2 is 2.07 bits per heavy atom. The van der Waals surface area contributed by atoms with Crippen LogP contribution in [0.15, 0.2) is 49.4 Å². The van der Waals surface area contributed by atoms with Gasteiger partial charge in [-0.1, -0.05) is 23.4 Å². The highest BCUT2D eigenvalue weighted by molar-refractivity contribution is 8.03. The van der Waals surface area contributed by atoms with Crippen LogP contribution < -0.4 is 10.3 Å². The van der Waals surface area contributed by atoms with Gasteiger partial charge < -0.3 is 18.9 Å². The van der Waals surface area contributed by atoms with Crippen molar-refractivity contribution < 1.29 is 14.0 Å². The number of benzene rings is 1. The average molecular weight is 635 g/mol. The van der Waals surface area contributed by atoms with E-state index in [1.54, 1.807) is 16.8 Å². The van der Waals surface area contributed by atoms with Crippen LogP contribution in [0.3, 0.4) is 0 Å². The number of amidine groups is 1. The van der Waals surface area contributed by atoms with E-state index in [9.17, 15) is 9.35 Å². The number of epoxide rings is 1. The predicted molar refractivity (Wildman–Crippen MR) is 171 cm³/mol. The van der Waals surface area contributed by atoms with E-state index in [1.165, 1.54) is 18.1 Å². The van der Waals surface area contributed by atoms with Gasteiger partial charge in [0.2, 0.25) is 0 Å². The number of thioether (sulfide) groups is 1. The summed E-state index contributed by atoms with van der Waals surface area (Å²) in [5.74, 6) is 0.875. The second-order valence-corrected chi connectivity index (χ2v) is 15.6. The summed E-state index contributed by atoms with van der Waals surface area (Å²) in [7, 11) is 0. The number of rotatable bonds is 8. The smallest absolute Gasteiger partial charge is 0.262 e. The summed E-state index contributed by atoms with van der Waals surface area (Å²) in [6.45, 7) is 17.1. The lowest BCUT2D eigenvalue weighted by Crippen LogP contribution is -2.57. The highest BCUT2D eigenvalue weighted by Gasteiger charge is 2.52. The number of ether oxygens (including phenoxy) is 2. The molecule has 228 valence electrons. The van der Waals surface area contributed by atoms with Gasteiger partial charge in [0.15, 0.2) is 0 Å². The lowest BCUT2D eigenvalue weighted by atomic mass is 9.73. The minimum absolute atomic E-state index is 0.00611. The second kappa shape index (κ2) is 12.6. The molecule has 10 nitrogen and oxygen atoms in total. The predicted octanol–water partition coefficient (Wildman–Crippen LogP) is 4.38. The van der Waals surface area contributed by atoms with Gasteiger partial charge in [0, 0.05) is 34.8 Å². The highest BCUT2D eigenvalue weighted by Crippen LogP contribution is 2.43. The number of fused-ring (bicyclic) bond motifs is 1. The van der Waals surface area contributed by atoms with E-state index in [0.29, 0.717) is 45.6 Å². The normalized spacial score (nSPS) is 25.3. The van der Waals surface area contributed by atoms with Gasteiger partial charge in [-0.3, -0.25) is 14.4 Å². The van der Waals surface area contributed by atoms with E-state index in [-0.39, 0.29) is 34.0 Å². The maximum atomic E-state index is 13.1. The van der Waals surface area contributed by atoms with Crippen LogP contribution in [-0.2, 0) is 27.4 Å². The number of hydrogen-bond donors (Lipinski definition) is 1. The molecule has 2 unspecified atom stereocenters. The van der Waals surface area contributed by atoms with Crippen LogP contribution in [0.25, 0.3) is 10.9 Å². The first-order chi connectivity index (χ1) is 19.9. The summed E-state index contributed by atoms with van der Waals surface area (Å²) < 4.78 is 28.8. The third kappa shape index (κ3) is 6.74. The van der Waals surface area contributed by atoms with Crippen LogP contribution in [-0.4, -0.2) is 80.9 Å². The monoisotopic (exact) mass is 634 g/mol. The molecule has 13 heteroatoms.